The average Bonchev–Trinajstić information content (AvgIpc) is 2.71. The molecule has 0 saturated heterocycles. The fourth-order valence-electron chi connectivity index (χ4n) is 3.74. The minimum Gasteiger partial charge on any atom is -0.345 e. The van der Waals surface area contributed by atoms with Gasteiger partial charge in [0.2, 0.25) is 0 Å². The maximum atomic E-state index is 13.1. The highest BCUT2D eigenvalue weighted by Gasteiger charge is 2.21. The number of carbonyl (C=O) groups excluding carboxylic acids is 1. The third-order valence-electron chi connectivity index (χ3n) is 5.41. The number of carbonyl (C=O) groups is 1. The monoisotopic (exact) mass is 450 g/mol. The molecule has 6 heteroatoms. The lowest BCUT2D eigenvalue weighted by Gasteiger charge is -2.18. The van der Waals surface area contributed by atoms with Crippen LogP contribution in [0.2, 0.25) is 0 Å². The summed E-state index contributed by atoms with van der Waals surface area (Å²) in [5.41, 5.74) is 5.49. The molecule has 0 aromatic heterocycles. The fraction of sp³-hybridized carbons (Fsp3) is 0.269. The van der Waals surface area contributed by atoms with Gasteiger partial charge in [-0.3, -0.25) is 9.52 Å². The Morgan fingerprint density at radius 1 is 0.844 bits per heavy atom. The topological polar surface area (TPSA) is 75.3 Å². The van der Waals surface area contributed by atoms with Gasteiger partial charge < -0.3 is 5.32 Å². The van der Waals surface area contributed by atoms with Crippen molar-refractivity contribution < 1.29 is 13.2 Å². The minimum atomic E-state index is -3.85. The Hall–Kier alpha value is -3.12. The van der Waals surface area contributed by atoms with Crippen LogP contribution in [0.15, 0.2) is 65.6 Å². The molecule has 1 amide bonds. The van der Waals surface area contributed by atoms with Crippen LogP contribution in [0.4, 0.5) is 5.69 Å². The number of hydrogen-bond acceptors (Lipinski definition) is 3. The first kappa shape index (κ1) is 23.5. The Bertz CT molecular complexity index is 1210. The predicted octanol–water partition coefficient (Wildman–Crippen LogP) is 5.60. The van der Waals surface area contributed by atoms with E-state index in [4.69, 9.17) is 0 Å². The Morgan fingerprint density at radius 3 is 2.06 bits per heavy atom. The molecular weight excluding hydrogens is 420 g/mol. The van der Waals surface area contributed by atoms with Crippen LogP contribution in [0.5, 0.6) is 0 Å². The second kappa shape index (κ2) is 9.57. The van der Waals surface area contributed by atoms with E-state index in [1.807, 2.05) is 58.0 Å². The fourth-order valence-corrected chi connectivity index (χ4v) is 5.05. The number of aryl methyl sites for hydroxylation is 4. The number of anilines is 1. The molecule has 3 aromatic carbocycles. The van der Waals surface area contributed by atoms with Gasteiger partial charge in [-0.25, -0.2) is 8.42 Å². The zero-order valence-corrected chi connectivity index (χ0v) is 20.0. The maximum absolute atomic E-state index is 13.1. The number of sulfonamides is 1. The molecule has 0 aliphatic heterocycles. The summed E-state index contributed by atoms with van der Waals surface area (Å²) in [5.74, 6) is -0.305. The van der Waals surface area contributed by atoms with Crippen LogP contribution in [0.3, 0.4) is 0 Å². The molecule has 0 aliphatic carbocycles. The smallest absolute Gasteiger partial charge is 0.262 e. The molecule has 0 heterocycles. The third-order valence-corrected chi connectivity index (χ3v) is 6.93. The molecule has 0 radical (unpaired) electrons. The van der Waals surface area contributed by atoms with E-state index in [0.29, 0.717) is 16.8 Å². The highest BCUT2D eigenvalue weighted by atomic mass is 32.2. The summed E-state index contributed by atoms with van der Waals surface area (Å²) in [4.78, 5) is 13.1. The number of rotatable bonds is 7. The van der Waals surface area contributed by atoms with Crippen molar-refractivity contribution in [1.29, 1.82) is 0 Å². The highest BCUT2D eigenvalue weighted by Crippen LogP contribution is 2.23. The van der Waals surface area contributed by atoms with Crippen LogP contribution in [0, 0.1) is 27.7 Å². The van der Waals surface area contributed by atoms with E-state index >= 15 is 0 Å². The minimum absolute atomic E-state index is 0.0905. The van der Waals surface area contributed by atoms with E-state index in [9.17, 15) is 13.2 Å². The molecular formula is C26H30N2O3S. The summed E-state index contributed by atoms with van der Waals surface area (Å²) in [6.07, 6.45) is 0.722. The van der Waals surface area contributed by atoms with Gasteiger partial charge in [-0.15, -0.1) is 0 Å². The van der Waals surface area contributed by atoms with Gasteiger partial charge in [0, 0.05) is 11.3 Å². The third kappa shape index (κ3) is 5.56. The molecule has 0 fully saturated rings. The van der Waals surface area contributed by atoms with Crippen molar-refractivity contribution in [2.45, 2.75) is 52.0 Å². The number of amides is 1. The van der Waals surface area contributed by atoms with Crippen molar-refractivity contribution >= 4 is 21.6 Å². The van der Waals surface area contributed by atoms with E-state index in [1.54, 1.807) is 31.2 Å². The second-order valence-corrected chi connectivity index (χ2v) is 9.96. The Kier molecular flexibility index (Phi) is 7.04. The molecule has 0 bridgehead atoms. The van der Waals surface area contributed by atoms with Crippen molar-refractivity contribution in [2.24, 2.45) is 0 Å². The summed E-state index contributed by atoms with van der Waals surface area (Å²) < 4.78 is 28.9. The zero-order chi connectivity index (χ0) is 23.5. The van der Waals surface area contributed by atoms with Gasteiger partial charge in [0.25, 0.3) is 15.9 Å². The molecule has 0 spiro atoms. The Labute approximate surface area is 190 Å². The molecule has 5 nitrogen and oxygen atoms in total. The summed E-state index contributed by atoms with van der Waals surface area (Å²) in [7, 11) is -3.85. The Balaban J connectivity index is 1.86. The number of hydrogen-bond donors (Lipinski definition) is 2. The van der Waals surface area contributed by atoms with Gasteiger partial charge in [0.15, 0.2) is 0 Å². The molecule has 0 saturated carbocycles. The number of nitrogens with one attached hydrogen (secondary N) is 2. The van der Waals surface area contributed by atoms with Crippen molar-refractivity contribution in [2.75, 3.05) is 4.72 Å². The lowest BCUT2D eigenvalue weighted by atomic mass is 10.0. The van der Waals surface area contributed by atoms with E-state index < -0.39 is 10.0 Å². The average molecular weight is 451 g/mol. The molecule has 32 heavy (non-hydrogen) atoms. The second-order valence-electron chi connectivity index (χ2n) is 8.31. The van der Waals surface area contributed by atoms with Gasteiger partial charge in [-0.05, 0) is 80.6 Å². The molecule has 0 aliphatic rings. The van der Waals surface area contributed by atoms with Crippen LogP contribution < -0.4 is 10.0 Å². The molecule has 2 N–H and O–H groups in total. The predicted molar refractivity (Wildman–Crippen MR) is 130 cm³/mol. The van der Waals surface area contributed by atoms with E-state index in [-0.39, 0.29) is 16.8 Å². The first-order chi connectivity index (χ1) is 15.1. The zero-order valence-electron chi connectivity index (χ0n) is 19.2. The van der Waals surface area contributed by atoms with Gasteiger partial charge in [-0.2, -0.15) is 0 Å². The first-order valence-electron chi connectivity index (χ1n) is 10.7. The SMILES string of the molecule is CC[C@H](NC(=O)c1ccc(C)c(S(=O)(=O)Nc2cc(C)cc(C)c2)c1)c1ccc(C)cc1. The summed E-state index contributed by atoms with van der Waals surface area (Å²) in [5, 5.41) is 3.03. The molecule has 1 atom stereocenters. The van der Waals surface area contributed by atoms with Crippen LogP contribution >= 0.6 is 0 Å². The van der Waals surface area contributed by atoms with Crippen molar-refractivity contribution in [3.63, 3.8) is 0 Å². The van der Waals surface area contributed by atoms with Crippen LogP contribution in [0.25, 0.3) is 0 Å². The van der Waals surface area contributed by atoms with Gasteiger partial charge in [0.1, 0.15) is 0 Å². The van der Waals surface area contributed by atoms with Gasteiger partial charge in [0.05, 0.1) is 10.9 Å². The molecule has 3 rings (SSSR count). The molecule has 0 unspecified atom stereocenters. The van der Waals surface area contributed by atoms with Crippen LogP contribution in [-0.2, 0) is 10.0 Å². The van der Waals surface area contributed by atoms with E-state index in [2.05, 4.69) is 10.0 Å². The maximum Gasteiger partial charge on any atom is 0.262 e. The first-order valence-corrected chi connectivity index (χ1v) is 12.2. The van der Waals surface area contributed by atoms with Crippen LogP contribution in [-0.4, -0.2) is 14.3 Å². The van der Waals surface area contributed by atoms with Crippen molar-refractivity contribution in [3.05, 3.63) is 94.0 Å². The Morgan fingerprint density at radius 2 is 1.47 bits per heavy atom. The summed E-state index contributed by atoms with van der Waals surface area (Å²) in [6, 6.07) is 18.2. The van der Waals surface area contributed by atoms with Gasteiger partial charge >= 0.3 is 0 Å². The lowest BCUT2D eigenvalue weighted by molar-refractivity contribution is 0.0935. The van der Waals surface area contributed by atoms with E-state index in [0.717, 1.165) is 28.7 Å². The molecule has 3 aromatic rings. The summed E-state index contributed by atoms with van der Waals surface area (Å²) in [6.45, 7) is 9.57. The van der Waals surface area contributed by atoms with Crippen molar-refractivity contribution in [1.82, 2.24) is 5.32 Å². The highest BCUT2D eigenvalue weighted by molar-refractivity contribution is 7.92. The number of benzene rings is 3. The van der Waals surface area contributed by atoms with Crippen molar-refractivity contribution in [3.8, 4) is 0 Å². The summed E-state index contributed by atoms with van der Waals surface area (Å²) >= 11 is 0. The van der Waals surface area contributed by atoms with Gasteiger partial charge in [-0.1, -0.05) is 48.9 Å². The standard InChI is InChI=1S/C26H30N2O3S/c1-6-24(21-10-7-17(2)8-11-21)27-26(29)22-12-9-20(5)25(16-22)32(30,31)28-23-14-18(3)13-19(4)15-23/h7-16,24,28H,6H2,1-5H3,(H,27,29)/t24-/m0/s1. The molecule has 168 valence electrons. The largest absolute Gasteiger partial charge is 0.345 e. The lowest BCUT2D eigenvalue weighted by Crippen LogP contribution is -2.28. The quantitative estimate of drug-likeness (QED) is 0.492. The van der Waals surface area contributed by atoms with Crippen LogP contribution in [0.1, 0.15) is 57.6 Å². The normalized spacial score (nSPS) is 12.3. The van der Waals surface area contributed by atoms with E-state index in [1.165, 1.54) is 6.07 Å².